The first-order valence-electron chi connectivity index (χ1n) is 4.34. The van der Waals surface area contributed by atoms with Gasteiger partial charge >= 0.3 is 0 Å². The van der Waals surface area contributed by atoms with Crippen LogP contribution in [0, 0.1) is 11.6 Å². The third-order valence-corrected chi connectivity index (χ3v) is 2.12. The Bertz CT molecular complexity index is 544. The summed E-state index contributed by atoms with van der Waals surface area (Å²) < 4.78 is 26.2. The summed E-state index contributed by atoms with van der Waals surface area (Å²) in [6.45, 7) is 0. The van der Waals surface area contributed by atoms with Crippen molar-refractivity contribution >= 4 is 34.8 Å². The summed E-state index contributed by atoms with van der Waals surface area (Å²) in [5.74, 6) is -2.10. The van der Waals surface area contributed by atoms with Crippen molar-refractivity contribution in [2.75, 3.05) is 5.32 Å². The molecule has 4 nitrogen and oxygen atoms in total. The summed E-state index contributed by atoms with van der Waals surface area (Å²) in [4.78, 5) is 10.8. The van der Waals surface area contributed by atoms with E-state index in [0.717, 1.165) is 6.07 Å². The molecule has 0 saturated carbocycles. The van der Waals surface area contributed by atoms with Crippen molar-refractivity contribution < 1.29 is 8.78 Å². The molecule has 88 valence electrons. The fourth-order valence-corrected chi connectivity index (χ4v) is 1.47. The van der Waals surface area contributed by atoms with Crippen LogP contribution in [0.4, 0.5) is 20.4 Å². The summed E-state index contributed by atoms with van der Waals surface area (Å²) >= 11 is 11.1. The van der Waals surface area contributed by atoms with Gasteiger partial charge in [-0.2, -0.15) is 15.0 Å². The number of nitrogens with zero attached hydrogens (tertiary/aromatic N) is 3. The van der Waals surface area contributed by atoms with Gasteiger partial charge < -0.3 is 5.32 Å². The van der Waals surface area contributed by atoms with Gasteiger partial charge in [0.1, 0.15) is 0 Å². The average molecular weight is 277 g/mol. The van der Waals surface area contributed by atoms with Crippen LogP contribution in [0.5, 0.6) is 0 Å². The van der Waals surface area contributed by atoms with Crippen molar-refractivity contribution in [2.45, 2.75) is 0 Å². The molecule has 1 aromatic heterocycles. The summed E-state index contributed by atoms with van der Waals surface area (Å²) in [7, 11) is 0. The van der Waals surface area contributed by atoms with E-state index in [9.17, 15) is 8.78 Å². The molecule has 0 saturated heterocycles. The zero-order valence-electron chi connectivity index (χ0n) is 8.09. The highest BCUT2D eigenvalue weighted by Gasteiger charge is 2.10. The van der Waals surface area contributed by atoms with Gasteiger partial charge in [0.25, 0.3) is 0 Å². The highest BCUT2D eigenvalue weighted by Crippen LogP contribution is 2.20. The van der Waals surface area contributed by atoms with Crippen LogP contribution in [0.15, 0.2) is 18.2 Å². The van der Waals surface area contributed by atoms with E-state index in [1.54, 1.807) is 0 Å². The van der Waals surface area contributed by atoms with Crippen LogP contribution in [-0.4, -0.2) is 15.0 Å². The van der Waals surface area contributed by atoms with Crippen molar-refractivity contribution in [1.82, 2.24) is 15.0 Å². The Balaban J connectivity index is 2.34. The minimum atomic E-state index is -1.04. The predicted molar refractivity (Wildman–Crippen MR) is 59.5 cm³/mol. The lowest BCUT2D eigenvalue weighted by molar-refractivity contribution is 0.511. The van der Waals surface area contributed by atoms with E-state index in [2.05, 4.69) is 20.3 Å². The molecule has 1 aromatic carbocycles. The fourth-order valence-electron chi connectivity index (χ4n) is 1.10. The molecule has 0 radical (unpaired) electrons. The second-order valence-corrected chi connectivity index (χ2v) is 3.60. The second kappa shape index (κ2) is 4.77. The van der Waals surface area contributed by atoms with E-state index in [0.29, 0.717) is 0 Å². The molecule has 2 aromatic rings. The van der Waals surface area contributed by atoms with Crippen LogP contribution in [0.25, 0.3) is 0 Å². The van der Waals surface area contributed by atoms with Gasteiger partial charge in [0.05, 0.1) is 5.69 Å². The Morgan fingerprint density at radius 1 is 1.00 bits per heavy atom. The maximum Gasteiger partial charge on any atom is 0.232 e. The molecule has 0 bridgehead atoms. The van der Waals surface area contributed by atoms with Gasteiger partial charge in [-0.1, -0.05) is 6.07 Å². The molecule has 1 N–H and O–H groups in total. The van der Waals surface area contributed by atoms with Crippen LogP contribution in [0.1, 0.15) is 0 Å². The summed E-state index contributed by atoms with van der Waals surface area (Å²) in [5, 5.41) is 2.15. The number of hydrogen-bond donors (Lipinski definition) is 1. The molecule has 0 atom stereocenters. The molecule has 0 fully saturated rings. The van der Waals surface area contributed by atoms with Gasteiger partial charge in [-0.3, -0.25) is 0 Å². The summed E-state index contributed by atoms with van der Waals surface area (Å²) in [6.07, 6.45) is 0. The maximum absolute atomic E-state index is 13.3. The van der Waals surface area contributed by atoms with Crippen LogP contribution in [0.3, 0.4) is 0 Å². The van der Waals surface area contributed by atoms with Gasteiger partial charge in [0.15, 0.2) is 11.6 Å². The normalized spacial score (nSPS) is 10.4. The Kier molecular flexibility index (Phi) is 3.35. The Morgan fingerprint density at radius 2 is 1.65 bits per heavy atom. The van der Waals surface area contributed by atoms with Gasteiger partial charge in [-0.15, -0.1) is 0 Å². The molecule has 8 heteroatoms. The van der Waals surface area contributed by atoms with Crippen molar-refractivity contribution in [3.8, 4) is 0 Å². The maximum atomic E-state index is 13.3. The van der Waals surface area contributed by atoms with Crippen LogP contribution in [0.2, 0.25) is 10.6 Å². The average Bonchev–Trinajstić information content (AvgIpc) is 2.23. The molecule has 0 aliphatic rings. The summed E-state index contributed by atoms with van der Waals surface area (Å²) in [6, 6.07) is 3.66. The summed E-state index contributed by atoms with van der Waals surface area (Å²) in [5.41, 5.74) is -0.122. The highest BCUT2D eigenvalue weighted by molar-refractivity contribution is 6.31. The van der Waals surface area contributed by atoms with Crippen molar-refractivity contribution in [1.29, 1.82) is 0 Å². The van der Waals surface area contributed by atoms with E-state index in [4.69, 9.17) is 23.2 Å². The molecule has 1 heterocycles. The Morgan fingerprint density at radius 3 is 2.29 bits per heavy atom. The lowest BCUT2D eigenvalue weighted by Gasteiger charge is -2.06. The van der Waals surface area contributed by atoms with Gasteiger partial charge in [0.2, 0.25) is 16.5 Å². The highest BCUT2D eigenvalue weighted by atomic mass is 35.5. The third kappa shape index (κ3) is 2.78. The molecule has 2 rings (SSSR count). The van der Waals surface area contributed by atoms with E-state index in [-0.39, 0.29) is 22.2 Å². The van der Waals surface area contributed by atoms with E-state index in [1.165, 1.54) is 12.1 Å². The van der Waals surface area contributed by atoms with Crippen molar-refractivity contribution in [3.63, 3.8) is 0 Å². The Hall–Kier alpha value is -1.53. The molecule has 0 unspecified atom stereocenters. The monoisotopic (exact) mass is 276 g/mol. The van der Waals surface area contributed by atoms with Crippen LogP contribution >= 0.6 is 23.2 Å². The molecular weight excluding hydrogens is 273 g/mol. The molecule has 0 amide bonds. The third-order valence-electron chi connectivity index (χ3n) is 1.78. The number of aromatic nitrogens is 3. The lowest BCUT2D eigenvalue weighted by Crippen LogP contribution is -2.02. The topological polar surface area (TPSA) is 50.7 Å². The molecule has 0 aliphatic heterocycles. The zero-order valence-corrected chi connectivity index (χ0v) is 9.60. The number of hydrogen-bond acceptors (Lipinski definition) is 4. The van der Waals surface area contributed by atoms with E-state index < -0.39 is 11.6 Å². The first-order valence-corrected chi connectivity index (χ1v) is 5.10. The Labute approximate surface area is 105 Å². The quantitative estimate of drug-likeness (QED) is 0.915. The fraction of sp³-hybridized carbons (Fsp3) is 0. The minimum Gasteiger partial charge on any atom is -0.321 e. The standard InChI is InChI=1S/C9H4Cl2F2N4/c10-7-15-8(11)17-9(16-7)14-5-3-1-2-4(12)6(5)13/h1-3H,(H,14,15,16,17). The predicted octanol–water partition coefficient (Wildman–Crippen LogP) is 3.20. The second-order valence-electron chi connectivity index (χ2n) is 2.92. The number of halogens is 4. The van der Waals surface area contributed by atoms with E-state index >= 15 is 0 Å². The first kappa shape index (κ1) is 11.9. The number of anilines is 2. The van der Waals surface area contributed by atoms with Crippen molar-refractivity contribution in [2.24, 2.45) is 0 Å². The molecular formula is C9H4Cl2F2N4. The van der Waals surface area contributed by atoms with Gasteiger partial charge in [-0.25, -0.2) is 8.78 Å². The molecule has 0 spiro atoms. The number of rotatable bonds is 2. The number of nitrogens with one attached hydrogen (secondary N) is 1. The first-order chi connectivity index (χ1) is 8.06. The number of benzene rings is 1. The van der Waals surface area contributed by atoms with Crippen LogP contribution < -0.4 is 5.32 Å². The zero-order chi connectivity index (χ0) is 12.4. The minimum absolute atomic E-state index is 0.0699. The molecule has 17 heavy (non-hydrogen) atoms. The smallest absolute Gasteiger partial charge is 0.232 e. The van der Waals surface area contributed by atoms with E-state index in [1.807, 2.05) is 0 Å². The lowest BCUT2D eigenvalue weighted by atomic mass is 10.3. The van der Waals surface area contributed by atoms with Gasteiger partial charge in [0, 0.05) is 0 Å². The van der Waals surface area contributed by atoms with Crippen molar-refractivity contribution in [3.05, 3.63) is 40.4 Å². The molecule has 0 aliphatic carbocycles. The largest absolute Gasteiger partial charge is 0.321 e. The SMILES string of the molecule is Fc1cccc(Nc2nc(Cl)nc(Cl)n2)c1F. The van der Waals surface area contributed by atoms with Crippen LogP contribution in [-0.2, 0) is 0 Å². The van der Waals surface area contributed by atoms with Gasteiger partial charge in [-0.05, 0) is 35.3 Å².